The predicted molar refractivity (Wildman–Crippen MR) is 91.7 cm³/mol. The van der Waals surface area contributed by atoms with Gasteiger partial charge >= 0.3 is 0 Å². The number of methoxy groups -OCH3 is 1. The number of nitrogens with zero attached hydrogens (tertiary/aromatic N) is 1. The maximum absolute atomic E-state index is 12.6. The van der Waals surface area contributed by atoms with Crippen LogP contribution in [0.4, 0.5) is 0 Å². The third-order valence-electron chi connectivity index (χ3n) is 3.82. The van der Waals surface area contributed by atoms with Gasteiger partial charge in [-0.05, 0) is 24.5 Å². The van der Waals surface area contributed by atoms with Gasteiger partial charge < -0.3 is 19.7 Å². The quantitative estimate of drug-likeness (QED) is 0.865. The number of ether oxygens (including phenoxy) is 2. The van der Waals surface area contributed by atoms with Crippen molar-refractivity contribution in [2.24, 2.45) is 5.92 Å². The summed E-state index contributed by atoms with van der Waals surface area (Å²) in [5, 5.41) is 3.64. The highest BCUT2D eigenvalue weighted by Gasteiger charge is 2.21. The predicted octanol–water partition coefficient (Wildman–Crippen LogP) is 2.82. The minimum atomic E-state index is -0.0274. The molecule has 0 atom stereocenters. The Morgan fingerprint density at radius 2 is 2.04 bits per heavy atom. The summed E-state index contributed by atoms with van der Waals surface area (Å²) in [5.74, 6) is 1.53. The Labute approximate surface area is 142 Å². The van der Waals surface area contributed by atoms with Crippen LogP contribution in [0.2, 0.25) is 5.02 Å². The first-order valence-electron chi connectivity index (χ1n) is 8.03. The van der Waals surface area contributed by atoms with Crippen molar-refractivity contribution in [3.63, 3.8) is 0 Å². The highest BCUT2D eigenvalue weighted by atomic mass is 35.5. The van der Waals surface area contributed by atoms with Gasteiger partial charge in [-0.15, -0.1) is 0 Å². The first kappa shape index (κ1) is 17.9. The minimum absolute atomic E-state index is 0.0274. The molecule has 1 heterocycles. The van der Waals surface area contributed by atoms with E-state index in [1.165, 1.54) is 0 Å². The van der Waals surface area contributed by atoms with Crippen LogP contribution in [0, 0.1) is 5.92 Å². The molecule has 5 nitrogen and oxygen atoms in total. The monoisotopic (exact) mass is 340 g/mol. The number of piperazine rings is 1. The average molecular weight is 341 g/mol. The average Bonchev–Trinajstić information content (AvgIpc) is 2.55. The Bertz CT molecular complexity index is 543. The van der Waals surface area contributed by atoms with Crippen LogP contribution < -0.4 is 14.8 Å². The summed E-state index contributed by atoms with van der Waals surface area (Å²) in [6, 6.07) is 3.38. The molecule has 0 aliphatic carbocycles. The fourth-order valence-corrected chi connectivity index (χ4v) is 2.70. The van der Waals surface area contributed by atoms with Gasteiger partial charge in [-0.25, -0.2) is 0 Å². The molecule has 0 saturated carbocycles. The molecule has 1 aliphatic rings. The number of halogens is 1. The summed E-state index contributed by atoms with van der Waals surface area (Å²) >= 11 is 6.32. The highest BCUT2D eigenvalue weighted by Crippen LogP contribution is 2.37. The number of nitrogens with one attached hydrogen (secondary N) is 1. The van der Waals surface area contributed by atoms with E-state index >= 15 is 0 Å². The highest BCUT2D eigenvalue weighted by molar-refractivity contribution is 6.32. The standard InChI is InChI=1S/C17H25ClN2O3/c1-12(2)4-9-23-16-14(18)10-13(11-15(16)22-3)17(21)20-7-5-19-6-8-20/h10-12,19H,4-9H2,1-3H3. The molecule has 1 aromatic rings. The van der Waals surface area contributed by atoms with E-state index in [2.05, 4.69) is 19.2 Å². The third kappa shape index (κ3) is 4.75. The smallest absolute Gasteiger partial charge is 0.254 e. The number of hydrogen-bond donors (Lipinski definition) is 1. The number of benzene rings is 1. The van der Waals surface area contributed by atoms with E-state index in [9.17, 15) is 4.79 Å². The molecule has 0 radical (unpaired) electrons. The van der Waals surface area contributed by atoms with Crippen LogP contribution in [0.15, 0.2) is 12.1 Å². The summed E-state index contributed by atoms with van der Waals surface area (Å²) in [6.45, 7) is 7.87. The number of carbonyl (C=O) groups is 1. The number of rotatable bonds is 6. The van der Waals surface area contributed by atoms with Crippen molar-refractivity contribution in [1.82, 2.24) is 10.2 Å². The summed E-state index contributed by atoms with van der Waals surface area (Å²) in [6.07, 6.45) is 0.931. The molecule has 1 saturated heterocycles. The molecule has 2 rings (SSSR count). The summed E-state index contributed by atoms with van der Waals surface area (Å²) in [5.41, 5.74) is 0.532. The Morgan fingerprint density at radius 1 is 1.35 bits per heavy atom. The van der Waals surface area contributed by atoms with Crippen molar-refractivity contribution >= 4 is 17.5 Å². The lowest BCUT2D eigenvalue weighted by Crippen LogP contribution is -2.46. The number of hydrogen-bond acceptors (Lipinski definition) is 4. The van der Waals surface area contributed by atoms with Crippen molar-refractivity contribution in [1.29, 1.82) is 0 Å². The molecule has 1 N–H and O–H groups in total. The SMILES string of the molecule is COc1cc(C(=O)N2CCNCC2)cc(Cl)c1OCCC(C)C. The third-order valence-corrected chi connectivity index (χ3v) is 4.10. The van der Waals surface area contributed by atoms with Gasteiger partial charge in [0.05, 0.1) is 18.7 Å². The molecule has 1 amide bonds. The molecule has 0 spiro atoms. The Hall–Kier alpha value is -1.46. The Balaban J connectivity index is 2.16. The molecular weight excluding hydrogens is 316 g/mol. The molecule has 0 unspecified atom stereocenters. The number of carbonyl (C=O) groups excluding carboxylic acids is 1. The van der Waals surface area contributed by atoms with E-state index in [-0.39, 0.29) is 5.91 Å². The van der Waals surface area contributed by atoms with Gasteiger partial charge in [0.25, 0.3) is 5.91 Å². The first-order chi connectivity index (χ1) is 11.0. The van der Waals surface area contributed by atoms with Gasteiger partial charge in [-0.2, -0.15) is 0 Å². The molecule has 23 heavy (non-hydrogen) atoms. The second kappa shape index (κ2) is 8.41. The van der Waals surface area contributed by atoms with E-state index in [1.54, 1.807) is 19.2 Å². The lowest BCUT2D eigenvalue weighted by molar-refractivity contribution is 0.0735. The van der Waals surface area contributed by atoms with E-state index in [0.29, 0.717) is 47.7 Å². The van der Waals surface area contributed by atoms with E-state index in [4.69, 9.17) is 21.1 Å². The van der Waals surface area contributed by atoms with Gasteiger partial charge in [0, 0.05) is 31.7 Å². The topological polar surface area (TPSA) is 50.8 Å². The van der Waals surface area contributed by atoms with Crippen molar-refractivity contribution in [3.05, 3.63) is 22.7 Å². The number of amides is 1. The normalized spacial score (nSPS) is 14.9. The van der Waals surface area contributed by atoms with Gasteiger partial charge in [0.2, 0.25) is 0 Å². The summed E-state index contributed by atoms with van der Waals surface area (Å²) in [7, 11) is 1.56. The second-order valence-corrected chi connectivity index (χ2v) is 6.47. The maximum atomic E-state index is 12.6. The molecule has 6 heteroatoms. The lowest BCUT2D eigenvalue weighted by atomic mass is 10.1. The van der Waals surface area contributed by atoms with Crippen LogP contribution >= 0.6 is 11.6 Å². The molecular formula is C17H25ClN2O3. The van der Waals surface area contributed by atoms with Crippen molar-refractivity contribution in [2.75, 3.05) is 39.9 Å². The lowest BCUT2D eigenvalue weighted by Gasteiger charge is -2.27. The summed E-state index contributed by atoms with van der Waals surface area (Å²) in [4.78, 5) is 14.4. The zero-order valence-electron chi connectivity index (χ0n) is 14.0. The molecule has 1 fully saturated rings. The van der Waals surface area contributed by atoms with Gasteiger partial charge in [0.15, 0.2) is 11.5 Å². The fraction of sp³-hybridized carbons (Fsp3) is 0.588. The van der Waals surface area contributed by atoms with Gasteiger partial charge in [-0.3, -0.25) is 4.79 Å². The van der Waals surface area contributed by atoms with E-state index in [1.807, 2.05) is 4.90 Å². The van der Waals surface area contributed by atoms with Crippen molar-refractivity contribution < 1.29 is 14.3 Å². The van der Waals surface area contributed by atoms with Crippen molar-refractivity contribution in [3.8, 4) is 11.5 Å². The van der Waals surface area contributed by atoms with Crippen LogP contribution in [0.3, 0.4) is 0 Å². The summed E-state index contributed by atoms with van der Waals surface area (Å²) < 4.78 is 11.1. The zero-order valence-corrected chi connectivity index (χ0v) is 14.8. The Morgan fingerprint density at radius 3 is 2.65 bits per heavy atom. The fourth-order valence-electron chi connectivity index (χ4n) is 2.43. The molecule has 1 aromatic carbocycles. The van der Waals surface area contributed by atoms with Crippen LogP contribution in [-0.4, -0.2) is 50.7 Å². The molecule has 128 valence electrons. The van der Waals surface area contributed by atoms with Gasteiger partial charge in [-0.1, -0.05) is 25.4 Å². The maximum Gasteiger partial charge on any atom is 0.254 e. The van der Waals surface area contributed by atoms with Crippen LogP contribution in [0.1, 0.15) is 30.6 Å². The Kier molecular flexibility index (Phi) is 6.54. The van der Waals surface area contributed by atoms with E-state index < -0.39 is 0 Å². The molecule has 0 aromatic heterocycles. The minimum Gasteiger partial charge on any atom is -0.493 e. The molecule has 0 bridgehead atoms. The van der Waals surface area contributed by atoms with Crippen LogP contribution in [0.25, 0.3) is 0 Å². The first-order valence-corrected chi connectivity index (χ1v) is 8.41. The second-order valence-electron chi connectivity index (χ2n) is 6.06. The van der Waals surface area contributed by atoms with Crippen molar-refractivity contribution in [2.45, 2.75) is 20.3 Å². The van der Waals surface area contributed by atoms with Crippen LogP contribution in [-0.2, 0) is 0 Å². The largest absolute Gasteiger partial charge is 0.493 e. The van der Waals surface area contributed by atoms with Gasteiger partial charge in [0.1, 0.15) is 0 Å². The van der Waals surface area contributed by atoms with E-state index in [0.717, 1.165) is 19.5 Å². The van der Waals surface area contributed by atoms with Crippen LogP contribution in [0.5, 0.6) is 11.5 Å². The zero-order chi connectivity index (χ0) is 16.8. The molecule has 1 aliphatic heterocycles.